The highest BCUT2D eigenvalue weighted by molar-refractivity contribution is 8.04. The van der Waals surface area contributed by atoms with Crippen LogP contribution in [0.2, 0.25) is 0 Å². The second-order valence-electron chi connectivity index (χ2n) is 5.23. The Hall–Kier alpha value is -2.86. The number of ketones is 1. The molecule has 120 valence electrons. The van der Waals surface area contributed by atoms with Gasteiger partial charge in [0.25, 0.3) is 5.69 Å². The minimum absolute atomic E-state index is 0.00244. The molecule has 0 unspecified atom stereocenters. The Labute approximate surface area is 143 Å². The Bertz CT molecular complexity index is 887. The number of nitrogens with zero attached hydrogens (tertiary/aromatic N) is 1. The summed E-state index contributed by atoms with van der Waals surface area (Å²) in [6.07, 6.45) is 3.04. The van der Waals surface area contributed by atoms with Gasteiger partial charge in [-0.1, -0.05) is 42.1 Å². The number of allylic oxidation sites excluding steroid dienone is 3. The van der Waals surface area contributed by atoms with Crippen LogP contribution >= 0.6 is 11.8 Å². The maximum atomic E-state index is 12.5. The van der Waals surface area contributed by atoms with E-state index in [-0.39, 0.29) is 11.5 Å². The third kappa shape index (κ3) is 3.38. The number of benzene rings is 2. The number of hydrogen-bond donors (Lipinski definition) is 1. The number of anilines is 1. The first kappa shape index (κ1) is 16.0. The average Bonchev–Trinajstić information content (AvgIpc) is 2.59. The number of rotatable bonds is 4. The van der Waals surface area contributed by atoms with E-state index >= 15 is 0 Å². The minimum atomic E-state index is -0.455. The quantitative estimate of drug-likeness (QED) is 0.500. The number of nitrogens with one attached hydrogen (secondary N) is 1. The normalized spacial score (nSPS) is 13.5. The standard InChI is InChI=1S/C18H14N2O3S/c1-12-18(24-17-8-3-2-7-15(17)19-12)16(21)10-9-13-5-4-6-14(11-13)20(22)23/h2-11,19H,1H3/b10-9+. The lowest BCUT2D eigenvalue weighted by atomic mass is 10.1. The van der Waals surface area contributed by atoms with E-state index in [0.717, 1.165) is 16.3 Å². The topological polar surface area (TPSA) is 72.2 Å². The summed E-state index contributed by atoms with van der Waals surface area (Å²) in [5, 5.41) is 14.0. The van der Waals surface area contributed by atoms with E-state index in [1.54, 1.807) is 18.2 Å². The summed E-state index contributed by atoms with van der Waals surface area (Å²) in [4.78, 5) is 24.4. The zero-order chi connectivity index (χ0) is 17.1. The molecule has 0 amide bonds. The van der Waals surface area contributed by atoms with Crippen molar-refractivity contribution < 1.29 is 9.72 Å². The summed E-state index contributed by atoms with van der Waals surface area (Å²) in [6.45, 7) is 1.86. The van der Waals surface area contributed by atoms with Gasteiger partial charge in [-0.2, -0.15) is 0 Å². The number of nitro groups is 1. The van der Waals surface area contributed by atoms with Gasteiger partial charge in [0.1, 0.15) is 0 Å². The van der Waals surface area contributed by atoms with Crippen molar-refractivity contribution in [3.05, 3.63) is 80.9 Å². The lowest BCUT2D eigenvalue weighted by molar-refractivity contribution is -0.384. The maximum Gasteiger partial charge on any atom is 0.270 e. The van der Waals surface area contributed by atoms with Gasteiger partial charge in [-0.05, 0) is 30.7 Å². The van der Waals surface area contributed by atoms with Gasteiger partial charge in [-0.25, -0.2) is 0 Å². The molecule has 0 bridgehead atoms. The molecular weight excluding hydrogens is 324 g/mol. The van der Waals surface area contributed by atoms with E-state index < -0.39 is 4.92 Å². The number of thioether (sulfide) groups is 1. The number of nitro benzene ring substituents is 1. The largest absolute Gasteiger partial charge is 0.357 e. The zero-order valence-electron chi connectivity index (χ0n) is 12.9. The lowest BCUT2D eigenvalue weighted by Crippen LogP contribution is -2.10. The predicted molar refractivity (Wildman–Crippen MR) is 95.8 cm³/mol. The molecule has 2 aromatic rings. The molecule has 1 N–H and O–H groups in total. The fourth-order valence-corrected chi connectivity index (χ4v) is 3.30. The first-order valence-electron chi connectivity index (χ1n) is 7.26. The number of carbonyl (C=O) groups is 1. The van der Waals surface area contributed by atoms with E-state index in [1.807, 2.05) is 31.2 Å². The molecule has 0 fully saturated rings. The lowest BCUT2D eigenvalue weighted by Gasteiger charge is -2.20. The van der Waals surface area contributed by atoms with Crippen LogP contribution in [0.1, 0.15) is 12.5 Å². The van der Waals surface area contributed by atoms with Crippen molar-refractivity contribution in [3.8, 4) is 0 Å². The molecule has 3 rings (SSSR count). The van der Waals surface area contributed by atoms with Crippen LogP contribution in [0.15, 0.2) is 70.1 Å². The molecule has 0 atom stereocenters. The Morgan fingerprint density at radius 2 is 2.00 bits per heavy atom. The third-order valence-corrected chi connectivity index (χ3v) is 4.78. The molecule has 1 heterocycles. The van der Waals surface area contributed by atoms with Crippen LogP contribution in [0.4, 0.5) is 11.4 Å². The van der Waals surface area contributed by atoms with Gasteiger partial charge >= 0.3 is 0 Å². The molecule has 2 aromatic carbocycles. The van der Waals surface area contributed by atoms with Crippen molar-refractivity contribution in [3.63, 3.8) is 0 Å². The predicted octanol–water partition coefficient (Wildman–Crippen LogP) is 4.63. The van der Waals surface area contributed by atoms with Gasteiger partial charge in [-0.15, -0.1) is 0 Å². The van der Waals surface area contributed by atoms with Gasteiger partial charge in [0.2, 0.25) is 0 Å². The van der Waals surface area contributed by atoms with Crippen LogP contribution in [-0.4, -0.2) is 10.7 Å². The van der Waals surface area contributed by atoms with Crippen LogP contribution in [0.3, 0.4) is 0 Å². The molecule has 5 nitrogen and oxygen atoms in total. The Morgan fingerprint density at radius 3 is 2.79 bits per heavy atom. The Morgan fingerprint density at radius 1 is 1.21 bits per heavy atom. The van der Waals surface area contributed by atoms with E-state index in [4.69, 9.17) is 0 Å². The van der Waals surface area contributed by atoms with Crippen molar-refractivity contribution in [1.29, 1.82) is 0 Å². The summed E-state index contributed by atoms with van der Waals surface area (Å²) in [5.41, 5.74) is 2.40. The highest BCUT2D eigenvalue weighted by atomic mass is 32.2. The van der Waals surface area contributed by atoms with Gasteiger partial charge in [0.05, 0.1) is 15.5 Å². The molecule has 0 spiro atoms. The second-order valence-corrected chi connectivity index (χ2v) is 6.28. The minimum Gasteiger partial charge on any atom is -0.357 e. The summed E-state index contributed by atoms with van der Waals surface area (Å²) >= 11 is 1.42. The highest BCUT2D eigenvalue weighted by Crippen LogP contribution is 2.39. The van der Waals surface area contributed by atoms with Crippen molar-refractivity contribution >= 4 is 35.0 Å². The van der Waals surface area contributed by atoms with Crippen molar-refractivity contribution in [2.24, 2.45) is 0 Å². The maximum absolute atomic E-state index is 12.5. The second kappa shape index (κ2) is 6.72. The van der Waals surface area contributed by atoms with Gasteiger partial charge in [-0.3, -0.25) is 14.9 Å². The number of non-ortho nitro benzene ring substituents is 1. The molecule has 0 aliphatic carbocycles. The fourth-order valence-electron chi connectivity index (χ4n) is 2.33. The summed E-state index contributed by atoms with van der Waals surface area (Å²) < 4.78 is 0. The Balaban J connectivity index is 1.80. The number of carbonyl (C=O) groups excluding carboxylic acids is 1. The smallest absolute Gasteiger partial charge is 0.270 e. The molecule has 0 aromatic heterocycles. The first-order chi connectivity index (χ1) is 11.5. The summed E-state index contributed by atoms with van der Waals surface area (Å²) in [7, 11) is 0. The number of hydrogen-bond acceptors (Lipinski definition) is 5. The Kier molecular flexibility index (Phi) is 4.48. The monoisotopic (exact) mass is 338 g/mol. The summed E-state index contributed by atoms with van der Waals surface area (Å²) in [5.74, 6) is -0.133. The molecule has 0 radical (unpaired) electrons. The SMILES string of the molecule is CC1=C(C(=O)/C=C/c2cccc([N+](=O)[O-])c2)Sc2ccccc2N1. The van der Waals surface area contributed by atoms with Crippen LogP contribution < -0.4 is 5.32 Å². The molecule has 6 heteroatoms. The van der Waals surface area contributed by atoms with E-state index in [2.05, 4.69) is 5.32 Å². The zero-order valence-corrected chi connectivity index (χ0v) is 13.7. The van der Waals surface area contributed by atoms with E-state index in [9.17, 15) is 14.9 Å². The van der Waals surface area contributed by atoms with E-state index in [1.165, 1.54) is 30.0 Å². The highest BCUT2D eigenvalue weighted by Gasteiger charge is 2.19. The number of fused-ring (bicyclic) bond motifs is 1. The molecule has 1 aliphatic rings. The fraction of sp³-hybridized carbons (Fsp3) is 0.0556. The van der Waals surface area contributed by atoms with Crippen molar-refractivity contribution in [2.75, 3.05) is 5.32 Å². The van der Waals surface area contributed by atoms with Gasteiger partial charge in [0.15, 0.2) is 5.78 Å². The van der Waals surface area contributed by atoms with Crippen LogP contribution in [0.5, 0.6) is 0 Å². The summed E-state index contributed by atoms with van der Waals surface area (Å²) in [6, 6.07) is 14.0. The van der Waals surface area contributed by atoms with Gasteiger partial charge < -0.3 is 5.32 Å². The van der Waals surface area contributed by atoms with E-state index in [0.29, 0.717) is 10.5 Å². The number of para-hydroxylation sites is 1. The van der Waals surface area contributed by atoms with Crippen LogP contribution in [0, 0.1) is 10.1 Å². The van der Waals surface area contributed by atoms with Gasteiger partial charge in [0, 0.05) is 22.7 Å². The van der Waals surface area contributed by atoms with Crippen LogP contribution in [0.25, 0.3) is 6.08 Å². The first-order valence-corrected chi connectivity index (χ1v) is 8.08. The van der Waals surface area contributed by atoms with Crippen molar-refractivity contribution in [1.82, 2.24) is 0 Å². The molecule has 24 heavy (non-hydrogen) atoms. The molecule has 1 aliphatic heterocycles. The molecular formula is C18H14N2O3S. The molecule has 0 saturated heterocycles. The third-order valence-electron chi connectivity index (χ3n) is 3.49. The molecule has 0 saturated carbocycles. The van der Waals surface area contributed by atoms with Crippen molar-refractivity contribution in [2.45, 2.75) is 11.8 Å². The average molecular weight is 338 g/mol. The van der Waals surface area contributed by atoms with Crippen LogP contribution in [-0.2, 0) is 4.79 Å².